The van der Waals surface area contributed by atoms with E-state index in [2.05, 4.69) is 17.0 Å². The molecule has 0 aliphatic carbocycles. The molecule has 0 amide bonds. The number of methoxy groups -OCH3 is 1. The van der Waals surface area contributed by atoms with Gasteiger partial charge in [0.05, 0.1) is 28.3 Å². The van der Waals surface area contributed by atoms with Gasteiger partial charge >= 0.3 is 0 Å². The molecule has 1 aliphatic rings. The molecule has 0 atom stereocenters. The van der Waals surface area contributed by atoms with Crippen LogP contribution in [-0.2, 0) is 4.84 Å². The zero-order valence-corrected chi connectivity index (χ0v) is 17.9. The highest BCUT2D eigenvalue weighted by molar-refractivity contribution is 8.07. The topological polar surface area (TPSA) is 51.1 Å². The number of ether oxygens (including phenoxy) is 1. The van der Waals surface area contributed by atoms with Crippen LogP contribution in [0.3, 0.4) is 0 Å². The van der Waals surface area contributed by atoms with Crippen molar-refractivity contribution in [1.82, 2.24) is 4.90 Å². The van der Waals surface area contributed by atoms with Gasteiger partial charge in [0, 0.05) is 23.3 Å². The molecular weight excluding hydrogens is 384 g/mol. The Kier molecular flexibility index (Phi) is 7.80. The molecule has 0 saturated heterocycles. The van der Waals surface area contributed by atoms with Gasteiger partial charge in [0.15, 0.2) is 5.78 Å². The van der Waals surface area contributed by atoms with Crippen LogP contribution in [0, 0.1) is 0 Å². The number of hydrogen-bond donors (Lipinski definition) is 0. The number of benzene rings is 1. The van der Waals surface area contributed by atoms with Crippen LogP contribution < -0.4 is 4.74 Å². The molecule has 1 heterocycles. The number of halogens is 1. The van der Waals surface area contributed by atoms with Crippen LogP contribution in [0.2, 0.25) is 5.02 Å². The highest BCUT2D eigenvalue weighted by Crippen LogP contribution is 2.42. The standard InChI is InChI=1S/C20H25ClN2O3S/c1-6-7-10-23-14(3)20(13(2)22-26-5)27-19(23)12-17(24)16-11-15(21)8-9-18(16)25-4/h8-9,11-12H,6-7,10H2,1-5H3/b19-12-,22-13-. The maximum atomic E-state index is 12.9. The minimum absolute atomic E-state index is 0.145. The summed E-state index contributed by atoms with van der Waals surface area (Å²) in [5.41, 5.74) is 2.31. The number of ketones is 1. The van der Waals surface area contributed by atoms with Crippen molar-refractivity contribution in [3.8, 4) is 5.75 Å². The number of hydrogen-bond acceptors (Lipinski definition) is 6. The summed E-state index contributed by atoms with van der Waals surface area (Å²) in [6.07, 6.45) is 3.74. The van der Waals surface area contributed by atoms with Crippen molar-refractivity contribution in [3.05, 3.63) is 50.5 Å². The van der Waals surface area contributed by atoms with Gasteiger partial charge in [-0.2, -0.15) is 0 Å². The van der Waals surface area contributed by atoms with Crippen LogP contribution >= 0.6 is 23.4 Å². The Labute approximate surface area is 170 Å². The lowest BCUT2D eigenvalue weighted by atomic mass is 10.1. The average Bonchev–Trinajstić information content (AvgIpc) is 2.95. The van der Waals surface area contributed by atoms with Crippen LogP contribution in [0.25, 0.3) is 0 Å². The number of oxime groups is 1. The third-order valence-electron chi connectivity index (χ3n) is 4.18. The second kappa shape index (κ2) is 9.85. The molecule has 27 heavy (non-hydrogen) atoms. The van der Waals surface area contributed by atoms with Crippen molar-refractivity contribution < 1.29 is 14.4 Å². The molecule has 0 radical (unpaired) electrons. The van der Waals surface area contributed by atoms with Gasteiger partial charge in [0.1, 0.15) is 12.9 Å². The van der Waals surface area contributed by atoms with Gasteiger partial charge in [-0.1, -0.05) is 41.9 Å². The number of thioether (sulfide) groups is 1. The van der Waals surface area contributed by atoms with Gasteiger partial charge in [0.25, 0.3) is 0 Å². The normalized spacial score (nSPS) is 16.3. The molecule has 0 aromatic heterocycles. The molecule has 2 rings (SSSR count). The van der Waals surface area contributed by atoms with Gasteiger partial charge in [-0.15, -0.1) is 0 Å². The predicted octanol–water partition coefficient (Wildman–Crippen LogP) is 5.48. The molecule has 0 saturated carbocycles. The Morgan fingerprint density at radius 2 is 2.11 bits per heavy atom. The van der Waals surface area contributed by atoms with E-state index in [1.807, 2.05) is 13.8 Å². The first-order valence-corrected chi connectivity index (χ1v) is 9.96. The molecule has 0 spiro atoms. The number of nitrogens with zero attached hydrogens (tertiary/aromatic N) is 2. The molecule has 146 valence electrons. The van der Waals surface area contributed by atoms with Crippen molar-refractivity contribution in [2.75, 3.05) is 20.8 Å². The van der Waals surface area contributed by atoms with Crippen molar-refractivity contribution >= 4 is 34.9 Å². The van der Waals surface area contributed by atoms with Crippen LogP contribution in [0.4, 0.5) is 0 Å². The van der Waals surface area contributed by atoms with Crippen LogP contribution in [0.5, 0.6) is 5.75 Å². The molecule has 0 fully saturated rings. The van der Waals surface area contributed by atoms with E-state index in [1.165, 1.54) is 18.9 Å². The quantitative estimate of drug-likeness (QED) is 0.247. The highest BCUT2D eigenvalue weighted by Gasteiger charge is 2.28. The van der Waals surface area contributed by atoms with Crippen molar-refractivity contribution in [2.45, 2.75) is 33.6 Å². The SMILES string of the molecule is CCCCN1C(C)=C(/C(C)=N\OC)S/C1=C\C(=O)c1cc(Cl)ccc1OC. The molecule has 1 aromatic carbocycles. The molecule has 0 N–H and O–H groups in total. The largest absolute Gasteiger partial charge is 0.496 e. The summed E-state index contributed by atoms with van der Waals surface area (Å²) >= 11 is 7.60. The van der Waals surface area contributed by atoms with E-state index in [0.29, 0.717) is 16.3 Å². The summed E-state index contributed by atoms with van der Waals surface area (Å²) in [4.78, 5) is 21.0. The molecule has 1 aliphatic heterocycles. The number of unbranched alkanes of at least 4 members (excludes halogenated alkanes) is 1. The first-order chi connectivity index (χ1) is 12.9. The van der Waals surface area contributed by atoms with Gasteiger partial charge in [-0.05, 0) is 38.5 Å². The number of carbonyl (C=O) groups is 1. The lowest BCUT2D eigenvalue weighted by molar-refractivity contribution is 0.104. The molecule has 5 nitrogen and oxygen atoms in total. The Morgan fingerprint density at radius 1 is 1.37 bits per heavy atom. The van der Waals surface area contributed by atoms with Crippen LogP contribution in [0.1, 0.15) is 44.0 Å². The molecule has 0 unspecified atom stereocenters. The summed E-state index contributed by atoms with van der Waals surface area (Å²) in [6, 6.07) is 5.04. The molecular formula is C20H25ClN2O3S. The lowest BCUT2D eigenvalue weighted by Crippen LogP contribution is -2.18. The van der Waals surface area contributed by atoms with Gasteiger partial charge < -0.3 is 14.5 Å². The maximum absolute atomic E-state index is 12.9. The summed E-state index contributed by atoms with van der Waals surface area (Å²) in [7, 11) is 3.07. The van der Waals surface area contributed by atoms with Crippen molar-refractivity contribution in [2.24, 2.45) is 5.16 Å². The summed E-state index contributed by atoms with van der Waals surface area (Å²) in [6.45, 7) is 6.92. The lowest BCUT2D eigenvalue weighted by Gasteiger charge is -2.21. The zero-order chi connectivity index (χ0) is 20.0. The molecule has 7 heteroatoms. The zero-order valence-electron chi connectivity index (χ0n) is 16.3. The summed E-state index contributed by atoms with van der Waals surface area (Å²) in [5, 5.41) is 5.41. The minimum atomic E-state index is -0.145. The van der Waals surface area contributed by atoms with E-state index in [4.69, 9.17) is 21.2 Å². The predicted molar refractivity (Wildman–Crippen MR) is 112 cm³/mol. The third-order valence-corrected chi connectivity index (χ3v) is 5.76. The monoisotopic (exact) mass is 408 g/mol. The summed E-state index contributed by atoms with van der Waals surface area (Å²) in [5.74, 6) is 0.361. The van der Waals surface area contributed by atoms with Crippen LogP contribution in [0.15, 0.2) is 45.1 Å². The highest BCUT2D eigenvalue weighted by atomic mass is 35.5. The first-order valence-electron chi connectivity index (χ1n) is 8.76. The van der Waals surface area contributed by atoms with Crippen molar-refractivity contribution in [3.63, 3.8) is 0 Å². The van der Waals surface area contributed by atoms with E-state index in [0.717, 1.165) is 40.7 Å². The van der Waals surface area contributed by atoms with E-state index in [9.17, 15) is 4.79 Å². The third kappa shape index (κ3) is 5.08. The second-order valence-corrected chi connectivity index (χ2v) is 7.54. The average molecular weight is 409 g/mol. The summed E-state index contributed by atoms with van der Waals surface area (Å²) < 4.78 is 5.31. The fourth-order valence-electron chi connectivity index (χ4n) is 2.80. The van der Waals surface area contributed by atoms with E-state index >= 15 is 0 Å². The Balaban J connectivity index is 2.39. The second-order valence-electron chi connectivity index (χ2n) is 6.07. The Bertz CT molecular complexity index is 802. The fourth-order valence-corrected chi connectivity index (χ4v) is 4.13. The van der Waals surface area contributed by atoms with Gasteiger partial charge in [0.2, 0.25) is 0 Å². The van der Waals surface area contributed by atoms with Gasteiger partial charge in [-0.25, -0.2) is 0 Å². The van der Waals surface area contributed by atoms with Crippen LogP contribution in [-0.4, -0.2) is 37.2 Å². The Morgan fingerprint density at radius 3 is 2.74 bits per heavy atom. The van der Waals surface area contributed by atoms with Gasteiger partial charge in [-0.3, -0.25) is 4.79 Å². The Hall–Kier alpha value is -1.92. The fraction of sp³-hybridized carbons (Fsp3) is 0.400. The first kappa shape index (κ1) is 21.4. The van der Waals surface area contributed by atoms with E-state index in [-0.39, 0.29) is 5.78 Å². The number of rotatable bonds is 8. The maximum Gasteiger partial charge on any atom is 0.192 e. The van der Waals surface area contributed by atoms with E-state index in [1.54, 1.807) is 31.4 Å². The smallest absolute Gasteiger partial charge is 0.192 e. The molecule has 0 bridgehead atoms. The number of carbonyl (C=O) groups excluding carboxylic acids is 1. The number of allylic oxidation sites excluding steroid dienone is 3. The van der Waals surface area contributed by atoms with E-state index < -0.39 is 0 Å². The molecule has 1 aromatic rings. The minimum Gasteiger partial charge on any atom is -0.496 e. The van der Waals surface area contributed by atoms with Crippen molar-refractivity contribution in [1.29, 1.82) is 0 Å².